The zero-order valence-corrected chi connectivity index (χ0v) is 49.0. The highest BCUT2D eigenvalue weighted by molar-refractivity contribution is 5.14. The average molecular weight is 924 g/mol. The van der Waals surface area contributed by atoms with E-state index in [9.17, 15) is 0 Å². The predicted molar refractivity (Wildman–Crippen MR) is 296 cm³/mol. The van der Waals surface area contributed by atoms with E-state index in [2.05, 4.69) is 156 Å². The molecule has 66 heavy (non-hydrogen) atoms. The van der Waals surface area contributed by atoms with E-state index >= 15 is 0 Å². The van der Waals surface area contributed by atoms with Crippen molar-refractivity contribution in [3.05, 3.63) is 120 Å². The van der Waals surface area contributed by atoms with Crippen molar-refractivity contribution < 1.29 is 0 Å². The minimum atomic E-state index is 0.547. The van der Waals surface area contributed by atoms with E-state index in [1.165, 1.54) is 22.6 Å². The first-order valence-electron chi connectivity index (χ1n) is 25.4. The molecule has 0 saturated carbocycles. The summed E-state index contributed by atoms with van der Waals surface area (Å²) in [7, 11) is 12.0. The Balaban J connectivity index is -0.000000156. The van der Waals surface area contributed by atoms with Gasteiger partial charge in [0.2, 0.25) is 0 Å². The molecule has 6 rings (SSSR count). The zero-order valence-electron chi connectivity index (χ0n) is 49.0. The molecule has 0 bridgehead atoms. The molecule has 384 valence electrons. The van der Waals surface area contributed by atoms with Gasteiger partial charge in [-0.25, -0.2) is 9.97 Å². The Morgan fingerprint density at radius 1 is 0.424 bits per heavy atom. The van der Waals surface area contributed by atoms with Gasteiger partial charge in [-0.2, -0.15) is 10.2 Å². The lowest BCUT2D eigenvalue weighted by Gasteiger charge is -2.04. The minimum absolute atomic E-state index is 0.547. The zero-order chi connectivity index (χ0) is 53.1. The molecule has 0 N–H and O–H groups in total. The van der Waals surface area contributed by atoms with Crippen LogP contribution in [-0.4, -0.2) is 47.8 Å². The van der Waals surface area contributed by atoms with Crippen molar-refractivity contribution in [3.63, 3.8) is 0 Å². The molecular weight excluding hydrogens is 813 g/mol. The van der Waals surface area contributed by atoms with E-state index in [-0.39, 0.29) is 0 Å². The van der Waals surface area contributed by atoms with Crippen LogP contribution in [0.4, 0.5) is 0 Å². The van der Waals surface area contributed by atoms with Crippen LogP contribution in [-0.2, 0) is 42.3 Å². The molecule has 0 atom stereocenters. The molecule has 0 aliphatic carbocycles. The third-order valence-electron chi connectivity index (χ3n) is 8.63. The number of aromatic nitrogens is 10. The molecule has 10 nitrogen and oxygen atoms in total. The molecule has 6 heterocycles. The fourth-order valence-corrected chi connectivity index (χ4v) is 5.29. The summed E-state index contributed by atoms with van der Waals surface area (Å²) in [5.41, 5.74) is 7.72. The van der Waals surface area contributed by atoms with E-state index in [0.29, 0.717) is 35.5 Å². The first-order valence-corrected chi connectivity index (χ1v) is 25.4. The standard InChI is InChI=1S/2C8H13N.4C7H12N2.6C2H6/c1-7(2)8-4-5-9(3)6-8;1-7(2)8-5-4-6-9(8)3;1-6(2)7-4-9(3)5-8-7;1-6(2)7-4-8-5-9(7)3;1-6(2)7-4-5-9(3)8-7;1-6(2)7-4-5-8-9(7)3;6*1-2/h2*4-7H,1-3H3;4*4-6H,1-3H3;6*1-2H3. The van der Waals surface area contributed by atoms with Gasteiger partial charge in [-0.3, -0.25) is 9.36 Å². The molecule has 0 aliphatic rings. The maximum Gasteiger partial charge on any atom is 0.0946 e. The van der Waals surface area contributed by atoms with Crippen LogP contribution in [0.3, 0.4) is 0 Å². The lowest BCUT2D eigenvalue weighted by Crippen LogP contribution is -1.98. The Morgan fingerprint density at radius 2 is 0.924 bits per heavy atom. The molecule has 10 heteroatoms. The van der Waals surface area contributed by atoms with Crippen molar-refractivity contribution in [3.8, 4) is 0 Å². The summed E-state index contributed by atoms with van der Waals surface area (Å²) >= 11 is 0. The lowest BCUT2D eigenvalue weighted by atomic mass is 10.1. The molecule has 0 radical (unpaired) electrons. The third-order valence-corrected chi connectivity index (χ3v) is 8.63. The highest BCUT2D eigenvalue weighted by atomic mass is 15.3. The lowest BCUT2D eigenvalue weighted by molar-refractivity contribution is 0.669. The summed E-state index contributed by atoms with van der Waals surface area (Å²) in [5.74, 6) is 3.56. The van der Waals surface area contributed by atoms with Crippen LogP contribution in [0.2, 0.25) is 0 Å². The Labute approximate surface area is 410 Å². The summed E-state index contributed by atoms with van der Waals surface area (Å²) in [6.07, 6.45) is 17.7. The predicted octanol–water partition coefficient (Wildman–Crippen LogP) is 16.6. The normalized spacial score (nSPS) is 9.27. The highest BCUT2D eigenvalue weighted by Crippen LogP contribution is 2.14. The topological polar surface area (TPSA) is 81.1 Å². The third kappa shape index (κ3) is 34.7. The second-order valence-electron chi connectivity index (χ2n) is 15.8. The van der Waals surface area contributed by atoms with Crippen molar-refractivity contribution in [1.82, 2.24) is 47.8 Å². The van der Waals surface area contributed by atoms with Gasteiger partial charge in [0.25, 0.3) is 0 Å². The molecular formula is C56H110N10. The summed E-state index contributed by atoms with van der Waals surface area (Å²) in [5, 5.41) is 8.28. The van der Waals surface area contributed by atoms with Crippen molar-refractivity contribution in [1.29, 1.82) is 0 Å². The van der Waals surface area contributed by atoms with Crippen molar-refractivity contribution in [2.24, 2.45) is 42.3 Å². The van der Waals surface area contributed by atoms with Gasteiger partial charge in [-0.05, 0) is 71.4 Å². The Hall–Kier alpha value is -4.60. The Kier molecular flexibility index (Phi) is 51.9. The van der Waals surface area contributed by atoms with E-state index in [1.54, 1.807) is 0 Å². The fraction of sp³-hybridized carbons (Fsp3) is 0.643. The summed E-state index contributed by atoms with van der Waals surface area (Å²) in [6, 6.07) is 10.5. The molecule has 0 aromatic carbocycles. The van der Waals surface area contributed by atoms with Crippen LogP contribution in [0, 0.1) is 0 Å². The van der Waals surface area contributed by atoms with Crippen molar-refractivity contribution in [2.75, 3.05) is 0 Å². The van der Waals surface area contributed by atoms with Gasteiger partial charge in [0, 0.05) is 103 Å². The monoisotopic (exact) mass is 923 g/mol. The van der Waals surface area contributed by atoms with Crippen LogP contribution in [0.5, 0.6) is 0 Å². The van der Waals surface area contributed by atoms with Crippen LogP contribution in [0.25, 0.3) is 0 Å². The first kappa shape index (κ1) is 73.0. The largest absolute Gasteiger partial charge is 0.357 e. The number of imidazole rings is 2. The van der Waals surface area contributed by atoms with Crippen LogP contribution >= 0.6 is 0 Å². The number of nitrogens with zero attached hydrogens (tertiary/aromatic N) is 10. The summed E-state index contributed by atoms with van der Waals surface area (Å²) in [4.78, 5) is 8.18. The van der Waals surface area contributed by atoms with E-state index < -0.39 is 0 Å². The molecule has 0 spiro atoms. The van der Waals surface area contributed by atoms with Crippen LogP contribution in [0.15, 0.2) is 86.4 Å². The van der Waals surface area contributed by atoms with E-state index in [4.69, 9.17) is 0 Å². The summed E-state index contributed by atoms with van der Waals surface area (Å²) < 4.78 is 12.0. The van der Waals surface area contributed by atoms with Gasteiger partial charge in [0.05, 0.1) is 24.0 Å². The molecule has 0 fully saturated rings. The van der Waals surface area contributed by atoms with E-state index in [1.807, 2.05) is 186 Å². The summed E-state index contributed by atoms with van der Waals surface area (Å²) in [6.45, 7) is 50.0. The molecule has 0 saturated heterocycles. The maximum atomic E-state index is 4.23. The van der Waals surface area contributed by atoms with Crippen LogP contribution < -0.4 is 0 Å². The molecule has 0 aliphatic heterocycles. The Morgan fingerprint density at radius 3 is 1.11 bits per heavy atom. The molecule has 6 aromatic rings. The van der Waals surface area contributed by atoms with Gasteiger partial charge in [-0.1, -0.05) is 166 Å². The average Bonchev–Trinajstić information content (AvgIpc) is 4.18. The SMILES string of the molecule is CC.CC.CC.CC.CC.CC.CC(C)c1cccn1C.CC(C)c1ccn(C)c1.CC(C)c1ccn(C)n1.CC(C)c1ccnn1C.CC(C)c1cn(C)cn1.CC(C)c1cncn1C. The van der Waals surface area contributed by atoms with Gasteiger partial charge in [0.1, 0.15) is 0 Å². The van der Waals surface area contributed by atoms with Crippen LogP contribution in [0.1, 0.15) is 236 Å². The van der Waals surface area contributed by atoms with Gasteiger partial charge < -0.3 is 18.3 Å². The second-order valence-corrected chi connectivity index (χ2v) is 15.8. The quantitative estimate of drug-likeness (QED) is 0.167. The number of hydrogen-bond acceptors (Lipinski definition) is 4. The van der Waals surface area contributed by atoms with Gasteiger partial charge in [0.15, 0.2) is 0 Å². The second kappa shape index (κ2) is 46.9. The van der Waals surface area contributed by atoms with Crippen molar-refractivity contribution in [2.45, 2.75) is 202 Å². The first-order chi connectivity index (χ1) is 31.2. The highest BCUT2D eigenvalue weighted by Gasteiger charge is 2.03. The maximum absolute atomic E-state index is 4.23. The molecule has 0 unspecified atom stereocenters. The smallest absolute Gasteiger partial charge is 0.0946 e. The molecule has 0 amide bonds. The number of aryl methyl sites for hydroxylation is 6. The van der Waals surface area contributed by atoms with E-state index in [0.717, 1.165) is 11.4 Å². The number of rotatable bonds is 6. The molecule has 6 aromatic heterocycles. The fourth-order valence-electron chi connectivity index (χ4n) is 5.29. The minimum Gasteiger partial charge on any atom is -0.357 e. The van der Waals surface area contributed by atoms with Crippen molar-refractivity contribution >= 4 is 0 Å². The van der Waals surface area contributed by atoms with Gasteiger partial charge >= 0.3 is 0 Å². The van der Waals surface area contributed by atoms with Gasteiger partial charge in [-0.15, -0.1) is 0 Å². The number of hydrogen-bond donors (Lipinski definition) is 0. The Bertz CT molecular complexity index is 1610.